The molecule has 0 saturated carbocycles. The Morgan fingerprint density at radius 1 is 1.12 bits per heavy atom. The van der Waals surface area contributed by atoms with E-state index in [4.69, 9.17) is 4.98 Å². The number of rotatable bonds is 5. The summed E-state index contributed by atoms with van der Waals surface area (Å²) in [5, 5.41) is 6.69. The van der Waals surface area contributed by atoms with Crippen molar-refractivity contribution in [1.29, 1.82) is 0 Å². The van der Waals surface area contributed by atoms with E-state index < -0.39 is 0 Å². The summed E-state index contributed by atoms with van der Waals surface area (Å²) in [5.74, 6) is 1.92. The van der Waals surface area contributed by atoms with Crippen LogP contribution < -0.4 is 10.2 Å². The molecule has 1 aliphatic heterocycles. The Hall–Kier alpha value is -2.47. The van der Waals surface area contributed by atoms with Crippen molar-refractivity contribution in [2.45, 2.75) is 32.2 Å². The number of hydrogen-bond acceptors (Lipinski definition) is 6. The Bertz CT molecular complexity index is 840. The molecule has 6 heteroatoms. The first-order valence-electron chi connectivity index (χ1n) is 9.06. The largest absolute Gasteiger partial charge is 0.359 e. The molecular formula is C20H23N5S. The molecule has 0 aliphatic carbocycles. The number of piperidine rings is 1. The SMILES string of the molecule is Cc1csc(NC2CCN(c3ccnc(Cc4ccccc4)n3)CC2)n1. The van der Waals surface area contributed by atoms with Gasteiger partial charge in [-0.25, -0.2) is 15.0 Å². The third-order valence-corrected chi connectivity index (χ3v) is 5.55. The molecule has 0 bridgehead atoms. The van der Waals surface area contributed by atoms with Crippen LogP contribution in [0.5, 0.6) is 0 Å². The molecule has 0 amide bonds. The number of hydrogen-bond donors (Lipinski definition) is 1. The Kier molecular flexibility index (Phi) is 5.11. The van der Waals surface area contributed by atoms with Gasteiger partial charge in [0.2, 0.25) is 0 Å². The Labute approximate surface area is 158 Å². The highest BCUT2D eigenvalue weighted by molar-refractivity contribution is 7.13. The Morgan fingerprint density at radius 2 is 1.92 bits per heavy atom. The van der Waals surface area contributed by atoms with Crippen LogP contribution in [0.25, 0.3) is 0 Å². The van der Waals surface area contributed by atoms with Crippen molar-refractivity contribution in [1.82, 2.24) is 15.0 Å². The minimum atomic E-state index is 0.488. The number of nitrogens with zero attached hydrogens (tertiary/aromatic N) is 4. The van der Waals surface area contributed by atoms with Crippen molar-refractivity contribution in [2.75, 3.05) is 23.3 Å². The molecule has 1 saturated heterocycles. The Balaban J connectivity index is 1.36. The van der Waals surface area contributed by atoms with Crippen LogP contribution in [0.2, 0.25) is 0 Å². The molecule has 1 aliphatic rings. The summed E-state index contributed by atoms with van der Waals surface area (Å²) in [6.45, 7) is 4.04. The first kappa shape index (κ1) is 17.0. The fourth-order valence-corrected chi connectivity index (χ4v) is 4.04. The molecule has 2 aromatic heterocycles. The van der Waals surface area contributed by atoms with E-state index >= 15 is 0 Å². The lowest BCUT2D eigenvalue weighted by Gasteiger charge is -2.33. The van der Waals surface area contributed by atoms with Gasteiger partial charge in [-0.1, -0.05) is 30.3 Å². The third-order valence-electron chi connectivity index (χ3n) is 4.66. The molecule has 26 heavy (non-hydrogen) atoms. The lowest BCUT2D eigenvalue weighted by molar-refractivity contribution is 0.522. The fourth-order valence-electron chi connectivity index (χ4n) is 3.28. The van der Waals surface area contributed by atoms with Crippen LogP contribution >= 0.6 is 11.3 Å². The second-order valence-corrected chi connectivity index (χ2v) is 7.55. The topological polar surface area (TPSA) is 53.9 Å². The zero-order valence-corrected chi connectivity index (χ0v) is 15.7. The fraction of sp³-hybridized carbons (Fsp3) is 0.350. The molecule has 5 nitrogen and oxygen atoms in total. The van der Waals surface area contributed by atoms with Gasteiger partial charge in [-0.05, 0) is 31.4 Å². The van der Waals surface area contributed by atoms with Crippen molar-refractivity contribution < 1.29 is 0 Å². The molecule has 3 heterocycles. The summed E-state index contributed by atoms with van der Waals surface area (Å²) in [4.78, 5) is 16.1. The van der Waals surface area contributed by atoms with E-state index in [1.807, 2.05) is 25.3 Å². The number of anilines is 2. The smallest absolute Gasteiger partial charge is 0.183 e. The quantitative estimate of drug-likeness (QED) is 0.743. The van der Waals surface area contributed by atoms with E-state index in [1.165, 1.54) is 5.56 Å². The molecule has 134 valence electrons. The molecule has 0 atom stereocenters. The zero-order valence-electron chi connectivity index (χ0n) is 14.9. The van der Waals surface area contributed by atoms with Gasteiger partial charge >= 0.3 is 0 Å². The minimum absolute atomic E-state index is 0.488. The van der Waals surface area contributed by atoms with Crippen LogP contribution in [-0.4, -0.2) is 34.1 Å². The van der Waals surface area contributed by atoms with Crippen molar-refractivity contribution in [2.24, 2.45) is 0 Å². The highest BCUT2D eigenvalue weighted by Gasteiger charge is 2.21. The summed E-state index contributed by atoms with van der Waals surface area (Å²) in [6, 6.07) is 12.9. The maximum atomic E-state index is 4.79. The predicted molar refractivity (Wildman–Crippen MR) is 107 cm³/mol. The van der Waals surface area contributed by atoms with E-state index in [0.29, 0.717) is 6.04 Å². The lowest BCUT2D eigenvalue weighted by atomic mass is 10.1. The summed E-state index contributed by atoms with van der Waals surface area (Å²) in [7, 11) is 0. The van der Waals surface area contributed by atoms with E-state index in [-0.39, 0.29) is 0 Å². The average molecular weight is 366 g/mol. The van der Waals surface area contributed by atoms with Crippen LogP contribution in [0.15, 0.2) is 48.0 Å². The summed E-state index contributed by atoms with van der Waals surface area (Å²) in [5.41, 5.74) is 2.33. The van der Waals surface area contributed by atoms with E-state index in [2.05, 4.69) is 49.8 Å². The summed E-state index contributed by atoms with van der Waals surface area (Å²) in [6.07, 6.45) is 4.84. The Morgan fingerprint density at radius 3 is 2.65 bits per heavy atom. The zero-order chi connectivity index (χ0) is 17.8. The van der Waals surface area contributed by atoms with E-state index in [1.54, 1.807) is 11.3 Å². The minimum Gasteiger partial charge on any atom is -0.359 e. The van der Waals surface area contributed by atoms with Crippen molar-refractivity contribution >= 4 is 22.3 Å². The molecule has 1 aromatic carbocycles. The molecule has 0 spiro atoms. The van der Waals surface area contributed by atoms with Crippen molar-refractivity contribution in [3.8, 4) is 0 Å². The van der Waals surface area contributed by atoms with Crippen LogP contribution in [0, 0.1) is 6.92 Å². The van der Waals surface area contributed by atoms with Crippen LogP contribution in [-0.2, 0) is 6.42 Å². The summed E-state index contributed by atoms with van der Waals surface area (Å²) >= 11 is 1.69. The molecule has 1 N–H and O–H groups in total. The maximum Gasteiger partial charge on any atom is 0.183 e. The van der Waals surface area contributed by atoms with Gasteiger partial charge in [-0.15, -0.1) is 11.3 Å². The number of nitrogens with one attached hydrogen (secondary N) is 1. The number of aromatic nitrogens is 3. The van der Waals surface area contributed by atoms with Gasteiger partial charge in [0.25, 0.3) is 0 Å². The molecule has 4 rings (SSSR count). The molecule has 0 unspecified atom stereocenters. The lowest BCUT2D eigenvalue weighted by Crippen LogP contribution is -2.39. The third kappa shape index (κ3) is 4.19. The number of aryl methyl sites for hydroxylation is 1. The standard InChI is InChI=1S/C20H23N5S/c1-15-14-26-20(22-15)23-17-8-11-25(12-9-17)19-7-10-21-18(24-19)13-16-5-3-2-4-6-16/h2-7,10,14,17H,8-9,11-13H2,1H3,(H,22,23). The van der Waals surface area contributed by atoms with E-state index in [9.17, 15) is 0 Å². The number of benzene rings is 1. The van der Waals surface area contributed by atoms with Crippen LogP contribution in [0.4, 0.5) is 10.9 Å². The summed E-state index contributed by atoms with van der Waals surface area (Å²) < 4.78 is 0. The van der Waals surface area contributed by atoms with Crippen LogP contribution in [0.3, 0.4) is 0 Å². The van der Waals surface area contributed by atoms with Crippen LogP contribution in [0.1, 0.15) is 29.9 Å². The monoisotopic (exact) mass is 365 g/mol. The highest BCUT2D eigenvalue weighted by Crippen LogP contribution is 2.22. The second kappa shape index (κ2) is 7.83. The van der Waals surface area contributed by atoms with Gasteiger partial charge in [0.1, 0.15) is 11.6 Å². The normalized spacial score (nSPS) is 15.2. The van der Waals surface area contributed by atoms with Gasteiger partial charge in [0.05, 0.1) is 5.69 Å². The molecule has 0 radical (unpaired) electrons. The molecule has 1 fully saturated rings. The predicted octanol–water partition coefficient (Wildman–Crippen LogP) is 3.91. The first-order chi connectivity index (χ1) is 12.8. The second-order valence-electron chi connectivity index (χ2n) is 6.69. The van der Waals surface area contributed by atoms with Gasteiger partial charge < -0.3 is 10.2 Å². The average Bonchev–Trinajstić information content (AvgIpc) is 3.08. The van der Waals surface area contributed by atoms with Crippen molar-refractivity contribution in [3.05, 3.63) is 65.1 Å². The van der Waals surface area contributed by atoms with Gasteiger partial charge in [0.15, 0.2) is 5.13 Å². The van der Waals surface area contributed by atoms with Crippen molar-refractivity contribution in [3.63, 3.8) is 0 Å². The van der Waals surface area contributed by atoms with Gasteiger partial charge in [-0.2, -0.15) is 0 Å². The van der Waals surface area contributed by atoms with Gasteiger partial charge in [0, 0.05) is 37.1 Å². The molecular weight excluding hydrogens is 342 g/mol. The maximum absolute atomic E-state index is 4.79. The first-order valence-corrected chi connectivity index (χ1v) is 9.94. The number of thiazole rings is 1. The van der Waals surface area contributed by atoms with E-state index in [0.717, 1.165) is 54.8 Å². The highest BCUT2D eigenvalue weighted by atomic mass is 32.1. The van der Waals surface area contributed by atoms with Gasteiger partial charge in [-0.3, -0.25) is 0 Å². The molecule has 3 aromatic rings.